The highest BCUT2D eigenvalue weighted by Crippen LogP contribution is 2.20. The fourth-order valence-corrected chi connectivity index (χ4v) is 1.94. The van der Waals surface area contributed by atoms with Gasteiger partial charge >= 0.3 is 0 Å². The fourth-order valence-electron chi connectivity index (χ4n) is 1.94. The van der Waals surface area contributed by atoms with E-state index in [0.717, 1.165) is 5.56 Å². The Morgan fingerprint density at radius 3 is 2.00 bits per heavy atom. The van der Waals surface area contributed by atoms with Crippen LogP contribution in [0.2, 0.25) is 0 Å². The molecule has 0 bridgehead atoms. The average Bonchev–Trinajstić information content (AvgIpc) is 2.46. The molecular formula is C16H15NO2. The SMILES string of the molecule is CC(C(=O)c1ccccc1)c1ccc(C(N)=O)cc1. The first-order chi connectivity index (χ1) is 9.09. The highest BCUT2D eigenvalue weighted by Gasteiger charge is 2.16. The zero-order valence-corrected chi connectivity index (χ0v) is 10.7. The first kappa shape index (κ1) is 13.0. The Balaban J connectivity index is 2.22. The number of rotatable bonds is 4. The van der Waals surface area contributed by atoms with Gasteiger partial charge in [-0.15, -0.1) is 0 Å². The van der Waals surface area contributed by atoms with E-state index in [1.807, 2.05) is 25.1 Å². The Bertz CT molecular complexity index is 588. The van der Waals surface area contributed by atoms with E-state index in [1.165, 1.54) is 0 Å². The first-order valence-electron chi connectivity index (χ1n) is 6.08. The summed E-state index contributed by atoms with van der Waals surface area (Å²) in [6.07, 6.45) is 0. The molecule has 0 aliphatic rings. The second kappa shape index (κ2) is 5.48. The van der Waals surface area contributed by atoms with Gasteiger partial charge in [-0.25, -0.2) is 0 Å². The van der Waals surface area contributed by atoms with Crippen LogP contribution in [-0.2, 0) is 0 Å². The smallest absolute Gasteiger partial charge is 0.248 e. The van der Waals surface area contributed by atoms with E-state index in [-0.39, 0.29) is 11.7 Å². The molecule has 0 aliphatic heterocycles. The molecule has 1 unspecified atom stereocenters. The number of primary amides is 1. The molecular weight excluding hydrogens is 238 g/mol. The lowest BCUT2D eigenvalue weighted by molar-refractivity contribution is 0.0965. The van der Waals surface area contributed by atoms with Crippen LogP contribution in [0.5, 0.6) is 0 Å². The Hall–Kier alpha value is -2.42. The second-order valence-electron chi connectivity index (χ2n) is 4.44. The van der Waals surface area contributed by atoms with Crippen molar-refractivity contribution in [1.29, 1.82) is 0 Å². The van der Waals surface area contributed by atoms with Gasteiger partial charge in [0.15, 0.2) is 5.78 Å². The van der Waals surface area contributed by atoms with Gasteiger partial charge in [0.25, 0.3) is 0 Å². The van der Waals surface area contributed by atoms with Crippen LogP contribution in [0, 0.1) is 0 Å². The summed E-state index contributed by atoms with van der Waals surface area (Å²) in [6, 6.07) is 16.0. The maximum absolute atomic E-state index is 12.3. The Morgan fingerprint density at radius 2 is 1.47 bits per heavy atom. The molecule has 1 amide bonds. The minimum absolute atomic E-state index is 0.0624. The molecule has 0 saturated carbocycles. The van der Waals surface area contributed by atoms with Crippen LogP contribution >= 0.6 is 0 Å². The van der Waals surface area contributed by atoms with Gasteiger partial charge in [0.1, 0.15) is 0 Å². The number of nitrogens with two attached hydrogens (primary N) is 1. The van der Waals surface area contributed by atoms with Crippen LogP contribution in [-0.4, -0.2) is 11.7 Å². The Morgan fingerprint density at radius 1 is 0.895 bits per heavy atom. The van der Waals surface area contributed by atoms with Gasteiger partial charge in [-0.2, -0.15) is 0 Å². The number of Topliss-reactive ketones (excluding diaryl/α,β-unsaturated/α-hetero) is 1. The van der Waals surface area contributed by atoms with Crippen molar-refractivity contribution in [2.24, 2.45) is 5.73 Å². The van der Waals surface area contributed by atoms with Crippen molar-refractivity contribution < 1.29 is 9.59 Å². The number of amides is 1. The van der Waals surface area contributed by atoms with Crippen LogP contribution in [0.3, 0.4) is 0 Å². The standard InChI is InChI=1S/C16H15NO2/c1-11(15(18)13-5-3-2-4-6-13)12-7-9-14(10-8-12)16(17)19/h2-11H,1H3,(H2,17,19). The van der Waals surface area contributed by atoms with Crippen molar-refractivity contribution in [2.45, 2.75) is 12.8 Å². The zero-order valence-electron chi connectivity index (χ0n) is 10.7. The third-order valence-electron chi connectivity index (χ3n) is 3.15. The van der Waals surface area contributed by atoms with Crippen molar-refractivity contribution in [3.05, 3.63) is 71.3 Å². The van der Waals surface area contributed by atoms with Crippen molar-refractivity contribution >= 4 is 11.7 Å². The molecule has 0 saturated heterocycles. The van der Waals surface area contributed by atoms with Gasteiger partial charge < -0.3 is 5.73 Å². The van der Waals surface area contributed by atoms with Gasteiger partial charge in [0, 0.05) is 17.0 Å². The quantitative estimate of drug-likeness (QED) is 0.852. The second-order valence-corrected chi connectivity index (χ2v) is 4.44. The molecule has 2 rings (SSSR count). The molecule has 0 aromatic heterocycles. The molecule has 0 heterocycles. The minimum atomic E-state index is -0.464. The summed E-state index contributed by atoms with van der Waals surface area (Å²) in [5.74, 6) is -0.648. The molecule has 0 radical (unpaired) electrons. The van der Waals surface area contributed by atoms with E-state index in [0.29, 0.717) is 11.1 Å². The fraction of sp³-hybridized carbons (Fsp3) is 0.125. The summed E-state index contributed by atoms with van der Waals surface area (Å²) < 4.78 is 0. The van der Waals surface area contributed by atoms with Crippen LogP contribution in [0.4, 0.5) is 0 Å². The van der Waals surface area contributed by atoms with Crippen LogP contribution in [0.1, 0.15) is 39.1 Å². The Kier molecular flexibility index (Phi) is 3.76. The monoisotopic (exact) mass is 253 g/mol. The lowest BCUT2D eigenvalue weighted by Crippen LogP contribution is -2.12. The molecule has 0 aliphatic carbocycles. The molecule has 2 aromatic rings. The average molecular weight is 253 g/mol. The third-order valence-corrected chi connectivity index (χ3v) is 3.15. The molecule has 0 spiro atoms. The number of ketones is 1. The van der Waals surface area contributed by atoms with Crippen molar-refractivity contribution in [3.63, 3.8) is 0 Å². The zero-order chi connectivity index (χ0) is 13.8. The van der Waals surface area contributed by atoms with Gasteiger partial charge in [-0.3, -0.25) is 9.59 Å². The number of hydrogen-bond acceptors (Lipinski definition) is 2. The lowest BCUT2D eigenvalue weighted by atomic mass is 9.92. The summed E-state index contributed by atoms with van der Waals surface area (Å²) >= 11 is 0. The summed E-state index contributed by atoms with van der Waals surface area (Å²) in [5, 5.41) is 0. The molecule has 1 atom stereocenters. The molecule has 3 heteroatoms. The predicted octanol–water partition coefficient (Wildman–Crippen LogP) is 2.77. The number of hydrogen-bond donors (Lipinski definition) is 1. The van der Waals surface area contributed by atoms with E-state index < -0.39 is 5.91 Å². The van der Waals surface area contributed by atoms with E-state index in [9.17, 15) is 9.59 Å². The number of benzene rings is 2. The Labute approximate surface area is 112 Å². The third kappa shape index (κ3) is 2.88. The number of carbonyl (C=O) groups is 2. The van der Waals surface area contributed by atoms with Crippen molar-refractivity contribution in [1.82, 2.24) is 0 Å². The highest BCUT2D eigenvalue weighted by molar-refractivity contribution is 6.00. The largest absolute Gasteiger partial charge is 0.366 e. The molecule has 0 fully saturated rings. The van der Waals surface area contributed by atoms with Gasteiger partial charge in [-0.05, 0) is 17.7 Å². The maximum Gasteiger partial charge on any atom is 0.248 e. The first-order valence-corrected chi connectivity index (χ1v) is 6.08. The molecule has 19 heavy (non-hydrogen) atoms. The van der Waals surface area contributed by atoms with Gasteiger partial charge in [-0.1, -0.05) is 49.4 Å². The molecule has 3 nitrogen and oxygen atoms in total. The topological polar surface area (TPSA) is 60.2 Å². The summed E-state index contributed by atoms with van der Waals surface area (Å²) in [4.78, 5) is 23.3. The van der Waals surface area contributed by atoms with Crippen LogP contribution in [0.25, 0.3) is 0 Å². The predicted molar refractivity (Wildman–Crippen MR) is 74.1 cm³/mol. The highest BCUT2D eigenvalue weighted by atomic mass is 16.1. The van der Waals surface area contributed by atoms with E-state index in [4.69, 9.17) is 5.73 Å². The molecule has 2 aromatic carbocycles. The summed E-state index contributed by atoms with van der Waals surface area (Å²) in [6.45, 7) is 1.86. The number of carbonyl (C=O) groups excluding carboxylic acids is 2. The maximum atomic E-state index is 12.3. The minimum Gasteiger partial charge on any atom is -0.366 e. The van der Waals surface area contributed by atoms with E-state index in [1.54, 1.807) is 36.4 Å². The van der Waals surface area contributed by atoms with E-state index >= 15 is 0 Å². The van der Waals surface area contributed by atoms with Gasteiger partial charge in [0.05, 0.1) is 0 Å². The summed E-state index contributed by atoms with van der Waals surface area (Å²) in [5.41, 5.74) is 7.20. The van der Waals surface area contributed by atoms with Crippen LogP contribution < -0.4 is 5.73 Å². The van der Waals surface area contributed by atoms with Crippen molar-refractivity contribution in [3.8, 4) is 0 Å². The summed E-state index contributed by atoms with van der Waals surface area (Å²) in [7, 11) is 0. The van der Waals surface area contributed by atoms with E-state index in [2.05, 4.69) is 0 Å². The molecule has 2 N–H and O–H groups in total. The van der Waals surface area contributed by atoms with Crippen LogP contribution in [0.15, 0.2) is 54.6 Å². The van der Waals surface area contributed by atoms with Gasteiger partial charge in [0.2, 0.25) is 5.91 Å². The molecule has 96 valence electrons. The normalized spacial score (nSPS) is 11.8. The van der Waals surface area contributed by atoms with Crippen molar-refractivity contribution in [2.75, 3.05) is 0 Å². The lowest BCUT2D eigenvalue weighted by Gasteiger charge is -2.11.